The predicted octanol–water partition coefficient (Wildman–Crippen LogP) is 4.48. The van der Waals surface area contributed by atoms with Crippen molar-refractivity contribution in [2.75, 3.05) is 0 Å². The molecule has 1 aromatic carbocycles. The summed E-state index contributed by atoms with van der Waals surface area (Å²) in [6.45, 7) is 4.38. The number of ketones is 1. The van der Waals surface area contributed by atoms with Gasteiger partial charge in [0.25, 0.3) is 0 Å². The third-order valence-corrected chi connectivity index (χ3v) is 5.11. The Hall–Kier alpha value is -1.31. The van der Waals surface area contributed by atoms with Crippen molar-refractivity contribution in [3.63, 3.8) is 0 Å². The molecule has 3 rings (SSSR count). The number of Topliss-reactive ketones (excluding diaryl/α,β-unsaturated/α-hetero) is 1. The minimum Gasteiger partial charge on any atom is -0.489 e. The van der Waals surface area contributed by atoms with Crippen molar-refractivity contribution in [3.05, 3.63) is 29.8 Å². The summed E-state index contributed by atoms with van der Waals surface area (Å²) < 4.78 is 6.13. The standard InChI is InChI=1S/C18H24O2/c1-13(2)14-6-8-15(9-7-14)20-17-12-16(19)18(17)10-4-3-5-11-18/h6-9,13,17H,3-5,10-12H2,1-2H3. The molecule has 0 amide bonds. The molecule has 0 N–H and O–H groups in total. The fraction of sp³-hybridized carbons (Fsp3) is 0.611. The van der Waals surface area contributed by atoms with Crippen LogP contribution < -0.4 is 4.74 Å². The van der Waals surface area contributed by atoms with Crippen molar-refractivity contribution in [3.8, 4) is 5.75 Å². The van der Waals surface area contributed by atoms with Crippen LogP contribution in [0.4, 0.5) is 0 Å². The molecule has 2 aliphatic carbocycles. The van der Waals surface area contributed by atoms with Crippen molar-refractivity contribution in [1.82, 2.24) is 0 Å². The van der Waals surface area contributed by atoms with Crippen LogP contribution in [-0.2, 0) is 4.79 Å². The molecule has 1 spiro atoms. The topological polar surface area (TPSA) is 26.3 Å². The fourth-order valence-corrected chi connectivity index (χ4v) is 3.65. The Morgan fingerprint density at radius 3 is 2.30 bits per heavy atom. The van der Waals surface area contributed by atoms with Gasteiger partial charge in [-0.25, -0.2) is 0 Å². The van der Waals surface area contributed by atoms with Gasteiger partial charge in [-0.2, -0.15) is 0 Å². The van der Waals surface area contributed by atoms with Gasteiger partial charge in [-0.15, -0.1) is 0 Å². The molecule has 20 heavy (non-hydrogen) atoms. The van der Waals surface area contributed by atoms with Crippen molar-refractivity contribution < 1.29 is 9.53 Å². The Morgan fingerprint density at radius 2 is 1.75 bits per heavy atom. The highest BCUT2D eigenvalue weighted by Gasteiger charge is 2.56. The number of benzene rings is 1. The minimum absolute atomic E-state index is 0.111. The van der Waals surface area contributed by atoms with Crippen LogP contribution in [0.1, 0.15) is 63.9 Å². The van der Waals surface area contributed by atoms with E-state index in [1.165, 1.54) is 24.8 Å². The van der Waals surface area contributed by atoms with Crippen LogP contribution in [0.25, 0.3) is 0 Å². The Labute approximate surface area is 121 Å². The second kappa shape index (κ2) is 5.23. The predicted molar refractivity (Wildman–Crippen MR) is 80.1 cm³/mol. The maximum absolute atomic E-state index is 12.1. The van der Waals surface area contributed by atoms with Gasteiger partial charge in [0, 0.05) is 6.42 Å². The average molecular weight is 272 g/mol. The van der Waals surface area contributed by atoms with E-state index in [1.54, 1.807) is 0 Å². The van der Waals surface area contributed by atoms with E-state index in [2.05, 4.69) is 38.1 Å². The second-order valence-corrected chi connectivity index (χ2v) is 6.67. The van der Waals surface area contributed by atoms with Gasteiger partial charge in [0.05, 0.1) is 5.41 Å². The van der Waals surface area contributed by atoms with Gasteiger partial charge >= 0.3 is 0 Å². The lowest BCUT2D eigenvalue weighted by Gasteiger charge is -2.49. The van der Waals surface area contributed by atoms with Gasteiger partial charge in [-0.1, -0.05) is 45.2 Å². The fourth-order valence-electron chi connectivity index (χ4n) is 3.65. The van der Waals surface area contributed by atoms with Crippen LogP contribution in [0.5, 0.6) is 5.75 Å². The molecule has 1 unspecified atom stereocenters. The molecule has 2 heteroatoms. The summed E-state index contributed by atoms with van der Waals surface area (Å²) >= 11 is 0. The largest absolute Gasteiger partial charge is 0.489 e. The van der Waals surface area contributed by atoms with E-state index in [-0.39, 0.29) is 11.5 Å². The third-order valence-electron chi connectivity index (χ3n) is 5.11. The first kappa shape index (κ1) is 13.7. The molecule has 2 aliphatic rings. The van der Waals surface area contributed by atoms with Crippen LogP contribution in [0.2, 0.25) is 0 Å². The summed E-state index contributed by atoms with van der Waals surface area (Å²) in [6.07, 6.45) is 6.40. The Bertz CT molecular complexity index is 481. The van der Waals surface area contributed by atoms with Gasteiger partial charge in [0.1, 0.15) is 17.6 Å². The molecule has 0 bridgehead atoms. The zero-order valence-electron chi connectivity index (χ0n) is 12.5. The quantitative estimate of drug-likeness (QED) is 0.811. The molecule has 0 aliphatic heterocycles. The lowest BCUT2D eigenvalue weighted by Crippen LogP contribution is -2.57. The van der Waals surface area contributed by atoms with E-state index < -0.39 is 0 Å². The number of ether oxygens (including phenoxy) is 1. The first-order valence-corrected chi connectivity index (χ1v) is 7.92. The molecular formula is C18H24O2. The molecule has 2 fully saturated rings. The third kappa shape index (κ3) is 2.25. The second-order valence-electron chi connectivity index (χ2n) is 6.67. The molecule has 1 atom stereocenters. The Morgan fingerprint density at radius 1 is 1.10 bits per heavy atom. The van der Waals surface area contributed by atoms with Crippen LogP contribution in [0.15, 0.2) is 24.3 Å². The Balaban J connectivity index is 1.70. The summed E-state index contributed by atoms with van der Waals surface area (Å²) in [4.78, 5) is 12.1. The molecule has 0 heterocycles. The van der Waals surface area contributed by atoms with Crippen LogP contribution in [0, 0.1) is 5.41 Å². The van der Waals surface area contributed by atoms with Gasteiger partial charge in [0.2, 0.25) is 0 Å². The first-order chi connectivity index (χ1) is 9.62. The Kier molecular flexibility index (Phi) is 3.57. The van der Waals surface area contributed by atoms with Gasteiger partial charge in [0.15, 0.2) is 0 Å². The van der Waals surface area contributed by atoms with Gasteiger partial charge < -0.3 is 4.74 Å². The zero-order valence-corrected chi connectivity index (χ0v) is 12.5. The SMILES string of the molecule is CC(C)c1ccc(OC2CC(=O)C23CCCCC3)cc1. The van der Waals surface area contributed by atoms with Crippen molar-refractivity contribution in [2.24, 2.45) is 5.41 Å². The minimum atomic E-state index is -0.144. The molecule has 108 valence electrons. The number of hydrogen-bond acceptors (Lipinski definition) is 2. The molecule has 0 radical (unpaired) electrons. The van der Waals surface area contributed by atoms with Gasteiger partial charge in [-0.3, -0.25) is 4.79 Å². The van der Waals surface area contributed by atoms with E-state index in [0.717, 1.165) is 18.6 Å². The number of carbonyl (C=O) groups is 1. The van der Waals surface area contributed by atoms with Crippen molar-refractivity contribution in [2.45, 2.75) is 64.4 Å². The van der Waals surface area contributed by atoms with E-state index in [9.17, 15) is 4.79 Å². The maximum atomic E-state index is 12.1. The highest BCUT2D eigenvalue weighted by molar-refractivity contribution is 5.92. The highest BCUT2D eigenvalue weighted by atomic mass is 16.5. The summed E-state index contributed by atoms with van der Waals surface area (Å²) in [7, 11) is 0. The van der Waals surface area contributed by atoms with E-state index in [0.29, 0.717) is 18.1 Å². The summed E-state index contributed by atoms with van der Waals surface area (Å²) in [5, 5.41) is 0. The number of hydrogen-bond donors (Lipinski definition) is 0. The lowest BCUT2D eigenvalue weighted by molar-refractivity contribution is -0.156. The van der Waals surface area contributed by atoms with E-state index >= 15 is 0 Å². The summed E-state index contributed by atoms with van der Waals surface area (Å²) in [6, 6.07) is 8.37. The number of carbonyl (C=O) groups excluding carboxylic acids is 1. The molecule has 2 nitrogen and oxygen atoms in total. The first-order valence-electron chi connectivity index (χ1n) is 7.92. The lowest BCUT2D eigenvalue weighted by atomic mass is 9.57. The van der Waals surface area contributed by atoms with Crippen molar-refractivity contribution >= 4 is 5.78 Å². The van der Waals surface area contributed by atoms with E-state index in [4.69, 9.17) is 4.74 Å². The van der Waals surface area contributed by atoms with E-state index in [1.807, 2.05) is 0 Å². The molecule has 0 saturated heterocycles. The molecular weight excluding hydrogens is 248 g/mol. The molecule has 0 aromatic heterocycles. The van der Waals surface area contributed by atoms with Crippen molar-refractivity contribution in [1.29, 1.82) is 0 Å². The highest BCUT2D eigenvalue weighted by Crippen LogP contribution is 2.50. The molecule has 1 aromatic rings. The summed E-state index contributed by atoms with van der Waals surface area (Å²) in [5.74, 6) is 1.89. The monoisotopic (exact) mass is 272 g/mol. The molecule has 2 saturated carbocycles. The zero-order chi connectivity index (χ0) is 14.2. The number of rotatable bonds is 3. The van der Waals surface area contributed by atoms with Gasteiger partial charge in [-0.05, 0) is 36.5 Å². The van der Waals surface area contributed by atoms with Crippen LogP contribution in [0.3, 0.4) is 0 Å². The summed E-state index contributed by atoms with van der Waals surface area (Å²) in [5.41, 5.74) is 1.18. The van der Waals surface area contributed by atoms with Crippen LogP contribution in [-0.4, -0.2) is 11.9 Å². The van der Waals surface area contributed by atoms with Crippen LogP contribution >= 0.6 is 0 Å². The smallest absolute Gasteiger partial charge is 0.146 e. The maximum Gasteiger partial charge on any atom is 0.146 e. The normalized spacial score (nSPS) is 24.8. The average Bonchev–Trinajstić information content (AvgIpc) is 2.48.